The van der Waals surface area contributed by atoms with E-state index in [9.17, 15) is 9.30 Å². The van der Waals surface area contributed by atoms with Crippen LogP contribution in [0.4, 0.5) is 10.1 Å². The molecule has 5 heteroatoms. The molecule has 1 aromatic carbocycles. The molecule has 1 rings (SSSR count). The lowest BCUT2D eigenvalue weighted by Crippen LogP contribution is -1.94. The van der Waals surface area contributed by atoms with E-state index in [2.05, 4.69) is 0 Å². The van der Waals surface area contributed by atoms with Crippen molar-refractivity contribution in [2.45, 2.75) is 6.92 Å². The van der Waals surface area contributed by atoms with Gasteiger partial charge in [0.05, 0.1) is 4.91 Å². The molecule has 64 valence electrons. The monoisotopic (exact) mass is 190 g/mol. The highest BCUT2D eigenvalue weighted by molar-refractivity contribution is 6.32. The van der Waals surface area contributed by atoms with Crippen LogP contribution in [-0.4, -0.2) is 10.1 Å². The Morgan fingerprint density at radius 2 is 2.17 bits per heavy atom. The first-order valence-corrected chi connectivity index (χ1v) is 3.52. The van der Waals surface area contributed by atoms with Crippen LogP contribution in [0.25, 0.3) is 0 Å². The Kier molecular flexibility index (Phi) is 2.28. The topological polar surface area (TPSA) is 40.3 Å². The standard InChI is InChI=1S/C7H6ClFNO2/c1-4-2-7(10(11)12)5(8)3-6(4)9/h2-3H,1H3,(H,11,12)/q+1. The lowest BCUT2D eigenvalue weighted by atomic mass is 10.2. The predicted molar refractivity (Wildman–Crippen MR) is 41.2 cm³/mol. The van der Waals surface area contributed by atoms with Gasteiger partial charge in [-0.15, -0.1) is 0 Å². The number of benzene rings is 1. The van der Waals surface area contributed by atoms with E-state index in [1.165, 1.54) is 13.0 Å². The third-order valence-electron chi connectivity index (χ3n) is 1.43. The third-order valence-corrected chi connectivity index (χ3v) is 1.74. The molecule has 0 aliphatic rings. The molecule has 0 amide bonds. The quantitative estimate of drug-likeness (QED) is 0.692. The van der Waals surface area contributed by atoms with Gasteiger partial charge in [-0.1, -0.05) is 11.6 Å². The van der Waals surface area contributed by atoms with Crippen LogP contribution in [0, 0.1) is 17.6 Å². The molecule has 0 spiro atoms. The van der Waals surface area contributed by atoms with E-state index in [0.717, 1.165) is 6.07 Å². The SMILES string of the molecule is Cc1cc([N+](=O)O)c(Cl)cc1F. The molecule has 0 aliphatic heterocycles. The van der Waals surface area contributed by atoms with Crippen LogP contribution in [0.2, 0.25) is 5.02 Å². The maximum absolute atomic E-state index is 12.7. The number of hydrogen-bond donors (Lipinski definition) is 1. The zero-order valence-corrected chi connectivity index (χ0v) is 6.97. The van der Waals surface area contributed by atoms with Gasteiger partial charge >= 0.3 is 5.69 Å². The highest BCUT2D eigenvalue weighted by atomic mass is 35.5. The van der Waals surface area contributed by atoms with Crippen molar-refractivity contribution >= 4 is 17.3 Å². The molecule has 1 N–H and O–H groups in total. The van der Waals surface area contributed by atoms with Crippen molar-refractivity contribution in [1.29, 1.82) is 0 Å². The molecule has 0 atom stereocenters. The van der Waals surface area contributed by atoms with Crippen molar-refractivity contribution in [3.63, 3.8) is 0 Å². The van der Waals surface area contributed by atoms with Crippen molar-refractivity contribution in [2.75, 3.05) is 0 Å². The van der Waals surface area contributed by atoms with Crippen LogP contribution in [-0.2, 0) is 0 Å². The fraction of sp³-hybridized carbons (Fsp3) is 0.143. The second-order valence-electron chi connectivity index (χ2n) is 2.33. The fourth-order valence-electron chi connectivity index (χ4n) is 0.789. The minimum atomic E-state index is -0.509. The molecule has 0 saturated carbocycles. The molecule has 12 heavy (non-hydrogen) atoms. The van der Waals surface area contributed by atoms with Gasteiger partial charge in [-0.2, -0.15) is 0 Å². The van der Waals surface area contributed by atoms with E-state index in [1.54, 1.807) is 0 Å². The molecule has 3 nitrogen and oxygen atoms in total. The Balaban J connectivity index is 3.33. The van der Waals surface area contributed by atoms with E-state index in [0.29, 0.717) is 0 Å². The van der Waals surface area contributed by atoms with Gasteiger partial charge in [-0.3, -0.25) is 0 Å². The Morgan fingerprint density at radius 1 is 1.58 bits per heavy atom. The van der Waals surface area contributed by atoms with Crippen LogP contribution in [0.3, 0.4) is 0 Å². The summed E-state index contributed by atoms with van der Waals surface area (Å²) in [6.45, 7) is 1.47. The summed E-state index contributed by atoms with van der Waals surface area (Å²) in [6, 6.07) is 2.15. The van der Waals surface area contributed by atoms with Gasteiger partial charge in [0.25, 0.3) is 4.92 Å². The van der Waals surface area contributed by atoms with Gasteiger partial charge in [-0.25, -0.2) is 9.60 Å². The van der Waals surface area contributed by atoms with E-state index < -0.39 is 10.7 Å². The summed E-state index contributed by atoms with van der Waals surface area (Å²) in [6.07, 6.45) is 0. The van der Waals surface area contributed by atoms with Gasteiger partial charge in [0.15, 0.2) is 0 Å². The molecule has 1 aromatic rings. The second-order valence-corrected chi connectivity index (χ2v) is 2.73. The van der Waals surface area contributed by atoms with Crippen LogP contribution in [0.15, 0.2) is 12.1 Å². The summed E-state index contributed by atoms with van der Waals surface area (Å²) in [5, 5.41) is 8.38. The summed E-state index contributed by atoms with van der Waals surface area (Å²) >= 11 is 5.45. The Labute approximate surface area is 72.9 Å². The van der Waals surface area contributed by atoms with E-state index in [-0.39, 0.29) is 16.3 Å². The average molecular weight is 191 g/mol. The van der Waals surface area contributed by atoms with Crippen molar-refractivity contribution in [1.82, 2.24) is 0 Å². The first kappa shape index (κ1) is 8.93. The van der Waals surface area contributed by atoms with Crippen LogP contribution in [0.5, 0.6) is 0 Å². The largest absolute Gasteiger partial charge is 0.335 e. The van der Waals surface area contributed by atoms with Crippen molar-refractivity contribution in [2.24, 2.45) is 0 Å². The maximum atomic E-state index is 12.7. The smallest absolute Gasteiger partial charge is 0.241 e. The number of aryl methyl sites for hydroxylation is 1. The Hall–Kier alpha value is -1.16. The Bertz CT molecular complexity index is 340. The Morgan fingerprint density at radius 3 is 2.67 bits per heavy atom. The average Bonchev–Trinajstić information content (AvgIpc) is 1.96. The maximum Gasteiger partial charge on any atom is 0.335 e. The first-order chi connectivity index (χ1) is 5.52. The van der Waals surface area contributed by atoms with Crippen LogP contribution < -0.4 is 0 Å². The minimum absolute atomic E-state index is 0.115. The fourth-order valence-corrected chi connectivity index (χ4v) is 1.01. The summed E-state index contributed by atoms with van der Waals surface area (Å²) < 4.78 is 12.7. The summed E-state index contributed by atoms with van der Waals surface area (Å²) in [4.78, 5) is 10.0. The molecule has 0 fully saturated rings. The normalized spacial score (nSPS) is 9.92. The van der Waals surface area contributed by atoms with Crippen LogP contribution >= 0.6 is 11.6 Å². The van der Waals surface area contributed by atoms with Gasteiger partial charge in [0.1, 0.15) is 10.8 Å². The molecule has 0 bridgehead atoms. The zero-order valence-electron chi connectivity index (χ0n) is 6.21. The highest BCUT2D eigenvalue weighted by Gasteiger charge is 2.19. The number of halogens is 2. The first-order valence-electron chi connectivity index (χ1n) is 3.14. The van der Waals surface area contributed by atoms with Gasteiger partial charge in [0, 0.05) is 6.07 Å². The molecule has 0 heterocycles. The van der Waals surface area contributed by atoms with E-state index >= 15 is 0 Å². The zero-order chi connectivity index (χ0) is 9.30. The lowest BCUT2D eigenvalue weighted by molar-refractivity contribution is -0.729. The molecule has 0 aromatic heterocycles. The second kappa shape index (κ2) is 3.06. The lowest BCUT2D eigenvalue weighted by Gasteiger charge is -1.94. The highest BCUT2D eigenvalue weighted by Crippen LogP contribution is 2.26. The van der Waals surface area contributed by atoms with E-state index in [1.807, 2.05) is 0 Å². The number of rotatable bonds is 1. The summed E-state index contributed by atoms with van der Waals surface area (Å²) in [5.41, 5.74) is 0.0971. The molecule has 0 radical (unpaired) electrons. The van der Waals surface area contributed by atoms with Gasteiger partial charge < -0.3 is 0 Å². The molecular formula is C7H6ClFNO2+. The molecule has 0 saturated heterocycles. The van der Waals surface area contributed by atoms with Gasteiger partial charge in [-0.05, 0) is 18.6 Å². The summed E-state index contributed by atoms with van der Waals surface area (Å²) in [7, 11) is 0. The van der Waals surface area contributed by atoms with Crippen LogP contribution in [0.1, 0.15) is 5.56 Å². The minimum Gasteiger partial charge on any atom is -0.241 e. The van der Waals surface area contributed by atoms with E-state index in [4.69, 9.17) is 16.8 Å². The third kappa shape index (κ3) is 1.53. The summed E-state index contributed by atoms with van der Waals surface area (Å²) in [5.74, 6) is -0.509. The van der Waals surface area contributed by atoms with Crippen molar-refractivity contribution in [3.05, 3.63) is 33.4 Å². The molecule has 0 unspecified atom stereocenters. The number of hydrogen-bond acceptors (Lipinski definition) is 1. The number of nitrogens with zero attached hydrogens (tertiary/aromatic N) is 1. The van der Waals surface area contributed by atoms with Crippen molar-refractivity contribution in [3.8, 4) is 0 Å². The van der Waals surface area contributed by atoms with Gasteiger partial charge in [0.2, 0.25) is 0 Å². The molecular weight excluding hydrogens is 185 g/mol. The predicted octanol–water partition coefficient (Wildman–Crippen LogP) is 2.59. The van der Waals surface area contributed by atoms with Crippen molar-refractivity contribution < 1.29 is 14.5 Å². The molecule has 0 aliphatic carbocycles.